The van der Waals surface area contributed by atoms with E-state index >= 15 is 0 Å². The normalized spacial score (nSPS) is 10.7. The highest BCUT2D eigenvalue weighted by atomic mass is 32.1. The van der Waals surface area contributed by atoms with Crippen LogP contribution < -0.4 is 5.32 Å². The average molecular weight is 270 g/mol. The molecule has 1 heterocycles. The molecule has 0 spiro atoms. The molecule has 98 valence electrons. The number of thiazole rings is 1. The third-order valence-corrected chi connectivity index (χ3v) is 2.62. The van der Waals surface area contributed by atoms with Crippen molar-refractivity contribution in [3.8, 4) is 0 Å². The SMILES string of the molecule is CCCOCC(=O)Nc1ncc(/C=C/C(=O)O)s1. The molecule has 6 nitrogen and oxygen atoms in total. The lowest BCUT2D eigenvalue weighted by molar-refractivity contribution is -0.131. The summed E-state index contributed by atoms with van der Waals surface area (Å²) in [4.78, 5) is 26.3. The highest BCUT2D eigenvalue weighted by Gasteiger charge is 2.05. The van der Waals surface area contributed by atoms with E-state index in [1.54, 1.807) is 0 Å². The number of anilines is 1. The van der Waals surface area contributed by atoms with E-state index in [0.717, 1.165) is 12.5 Å². The number of rotatable bonds is 7. The Morgan fingerprint density at radius 2 is 2.39 bits per heavy atom. The van der Waals surface area contributed by atoms with Gasteiger partial charge in [-0.1, -0.05) is 18.3 Å². The molecule has 0 bridgehead atoms. The van der Waals surface area contributed by atoms with Crippen LogP contribution in [0.25, 0.3) is 6.08 Å². The summed E-state index contributed by atoms with van der Waals surface area (Å²) in [7, 11) is 0. The van der Waals surface area contributed by atoms with Crippen molar-refractivity contribution >= 4 is 34.4 Å². The van der Waals surface area contributed by atoms with Crippen LogP contribution in [0.3, 0.4) is 0 Å². The van der Waals surface area contributed by atoms with E-state index < -0.39 is 5.97 Å². The average Bonchev–Trinajstić information content (AvgIpc) is 2.74. The Morgan fingerprint density at radius 1 is 1.61 bits per heavy atom. The lowest BCUT2D eigenvalue weighted by Crippen LogP contribution is -2.18. The van der Waals surface area contributed by atoms with E-state index in [-0.39, 0.29) is 12.5 Å². The first kappa shape index (κ1) is 14.3. The molecule has 1 aromatic heterocycles. The van der Waals surface area contributed by atoms with E-state index in [9.17, 15) is 9.59 Å². The molecule has 18 heavy (non-hydrogen) atoms. The molecule has 1 amide bonds. The highest BCUT2D eigenvalue weighted by molar-refractivity contribution is 7.16. The van der Waals surface area contributed by atoms with Crippen molar-refractivity contribution in [3.05, 3.63) is 17.2 Å². The Labute approximate surface area is 108 Å². The largest absolute Gasteiger partial charge is 0.478 e. The summed E-state index contributed by atoms with van der Waals surface area (Å²) in [6.45, 7) is 2.49. The van der Waals surface area contributed by atoms with Gasteiger partial charge in [-0.15, -0.1) is 0 Å². The Hall–Kier alpha value is -1.73. The van der Waals surface area contributed by atoms with E-state index in [4.69, 9.17) is 9.84 Å². The van der Waals surface area contributed by atoms with Crippen molar-refractivity contribution in [2.24, 2.45) is 0 Å². The summed E-state index contributed by atoms with van der Waals surface area (Å²) in [6.07, 6.45) is 4.79. The monoisotopic (exact) mass is 270 g/mol. The Morgan fingerprint density at radius 3 is 3.06 bits per heavy atom. The number of nitrogens with one attached hydrogen (secondary N) is 1. The minimum absolute atomic E-state index is 0.00623. The molecule has 0 radical (unpaired) electrons. The first-order valence-electron chi connectivity index (χ1n) is 5.36. The van der Waals surface area contributed by atoms with Crippen LogP contribution in [0.2, 0.25) is 0 Å². The first-order valence-corrected chi connectivity index (χ1v) is 6.18. The van der Waals surface area contributed by atoms with Crippen molar-refractivity contribution in [1.29, 1.82) is 0 Å². The number of ether oxygens (including phenoxy) is 1. The van der Waals surface area contributed by atoms with E-state index in [1.807, 2.05) is 6.92 Å². The second-order valence-corrected chi connectivity index (χ2v) is 4.40. The lowest BCUT2D eigenvalue weighted by atomic mass is 10.4. The van der Waals surface area contributed by atoms with Crippen LogP contribution in [0.1, 0.15) is 18.2 Å². The molecule has 0 saturated heterocycles. The van der Waals surface area contributed by atoms with Crippen LogP contribution in [0, 0.1) is 0 Å². The fourth-order valence-corrected chi connectivity index (χ4v) is 1.77. The number of nitrogens with zero attached hydrogens (tertiary/aromatic N) is 1. The van der Waals surface area contributed by atoms with Gasteiger partial charge in [-0.05, 0) is 12.5 Å². The number of amides is 1. The van der Waals surface area contributed by atoms with Crippen LogP contribution in [-0.4, -0.2) is 35.2 Å². The summed E-state index contributed by atoms with van der Waals surface area (Å²) in [5.41, 5.74) is 0. The number of carbonyl (C=O) groups is 2. The molecule has 0 fully saturated rings. The van der Waals surface area contributed by atoms with Gasteiger partial charge in [0.2, 0.25) is 0 Å². The Balaban J connectivity index is 2.43. The number of aliphatic carboxylic acids is 1. The summed E-state index contributed by atoms with van der Waals surface area (Å²) >= 11 is 1.19. The lowest BCUT2D eigenvalue weighted by Gasteiger charge is -2.01. The number of hydrogen-bond acceptors (Lipinski definition) is 5. The molecule has 0 saturated carbocycles. The third-order valence-electron chi connectivity index (χ3n) is 1.74. The van der Waals surface area contributed by atoms with Crippen LogP contribution >= 0.6 is 11.3 Å². The van der Waals surface area contributed by atoms with Gasteiger partial charge in [0.05, 0.1) is 0 Å². The van der Waals surface area contributed by atoms with Crippen molar-refractivity contribution in [2.75, 3.05) is 18.5 Å². The van der Waals surface area contributed by atoms with Crippen LogP contribution in [-0.2, 0) is 14.3 Å². The molecule has 0 atom stereocenters. The van der Waals surface area contributed by atoms with Gasteiger partial charge in [-0.2, -0.15) is 0 Å². The number of carboxylic acid groups (broad SMARTS) is 1. The zero-order valence-corrected chi connectivity index (χ0v) is 10.7. The van der Waals surface area contributed by atoms with Crippen LogP contribution in [0.4, 0.5) is 5.13 Å². The zero-order chi connectivity index (χ0) is 13.4. The van der Waals surface area contributed by atoms with Gasteiger partial charge in [0.25, 0.3) is 5.91 Å². The maximum absolute atomic E-state index is 11.4. The molecule has 0 aromatic carbocycles. The second kappa shape index (κ2) is 7.57. The van der Waals surface area contributed by atoms with Gasteiger partial charge >= 0.3 is 5.97 Å². The van der Waals surface area contributed by atoms with Gasteiger partial charge in [0, 0.05) is 23.8 Å². The van der Waals surface area contributed by atoms with Gasteiger partial charge < -0.3 is 9.84 Å². The van der Waals surface area contributed by atoms with Crippen molar-refractivity contribution in [3.63, 3.8) is 0 Å². The predicted octanol–water partition coefficient (Wildman–Crippen LogP) is 1.61. The zero-order valence-electron chi connectivity index (χ0n) is 9.88. The first-order chi connectivity index (χ1) is 8.61. The molecule has 0 aliphatic carbocycles. The summed E-state index contributed by atoms with van der Waals surface area (Å²) in [6, 6.07) is 0. The number of carboxylic acids is 1. The number of hydrogen-bond donors (Lipinski definition) is 2. The molecular formula is C11H14N2O4S. The van der Waals surface area contributed by atoms with Crippen molar-refractivity contribution in [2.45, 2.75) is 13.3 Å². The summed E-state index contributed by atoms with van der Waals surface area (Å²) in [5, 5.41) is 11.5. The Kier molecular flexibility index (Phi) is 6.03. The summed E-state index contributed by atoms with van der Waals surface area (Å²) in [5.74, 6) is -1.30. The van der Waals surface area contributed by atoms with Crippen LogP contribution in [0.15, 0.2) is 12.3 Å². The second-order valence-electron chi connectivity index (χ2n) is 3.34. The van der Waals surface area contributed by atoms with Gasteiger partial charge in [0.1, 0.15) is 6.61 Å². The van der Waals surface area contributed by atoms with Crippen molar-refractivity contribution < 1.29 is 19.4 Å². The number of aromatic nitrogens is 1. The molecule has 1 aromatic rings. The fraction of sp³-hybridized carbons (Fsp3) is 0.364. The molecule has 0 aliphatic heterocycles. The van der Waals surface area contributed by atoms with E-state index in [0.29, 0.717) is 16.6 Å². The smallest absolute Gasteiger partial charge is 0.328 e. The van der Waals surface area contributed by atoms with Gasteiger partial charge in [-0.3, -0.25) is 10.1 Å². The molecule has 7 heteroatoms. The van der Waals surface area contributed by atoms with Gasteiger partial charge in [0.15, 0.2) is 5.13 Å². The van der Waals surface area contributed by atoms with Crippen molar-refractivity contribution in [1.82, 2.24) is 4.98 Å². The summed E-state index contributed by atoms with van der Waals surface area (Å²) < 4.78 is 5.08. The minimum Gasteiger partial charge on any atom is -0.478 e. The molecule has 1 rings (SSSR count). The molecule has 2 N–H and O–H groups in total. The minimum atomic E-state index is -1.03. The van der Waals surface area contributed by atoms with E-state index in [2.05, 4.69) is 10.3 Å². The fourth-order valence-electron chi connectivity index (χ4n) is 1.04. The maximum Gasteiger partial charge on any atom is 0.328 e. The topological polar surface area (TPSA) is 88.5 Å². The molecule has 0 aliphatic rings. The third kappa shape index (κ3) is 5.55. The van der Waals surface area contributed by atoms with Crippen LogP contribution in [0.5, 0.6) is 0 Å². The molecular weight excluding hydrogens is 256 g/mol. The maximum atomic E-state index is 11.4. The number of carbonyl (C=O) groups excluding carboxylic acids is 1. The van der Waals surface area contributed by atoms with Gasteiger partial charge in [-0.25, -0.2) is 9.78 Å². The predicted molar refractivity (Wildman–Crippen MR) is 68.5 cm³/mol. The highest BCUT2D eigenvalue weighted by Crippen LogP contribution is 2.19. The molecule has 0 unspecified atom stereocenters. The Bertz CT molecular complexity index is 442. The van der Waals surface area contributed by atoms with E-state index in [1.165, 1.54) is 23.6 Å². The quantitative estimate of drug-likeness (QED) is 0.580. The standard InChI is InChI=1S/C11H14N2O4S/c1-2-5-17-7-9(14)13-11-12-6-8(18-11)3-4-10(15)16/h3-4,6H,2,5,7H2,1H3,(H,15,16)(H,12,13,14)/b4-3+.